The highest BCUT2D eigenvalue weighted by Gasteiger charge is 2.37. The van der Waals surface area contributed by atoms with Crippen molar-refractivity contribution in [3.05, 3.63) is 107 Å². The van der Waals surface area contributed by atoms with E-state index in [0.29, 0.717) is 6.61 Å². The van der Waals surface area contributed by atoms with Crippen molar-refractivity contribution in [3.63, 3.8) is 0 Å². The lowest BCUT2D eigenvalue weighted by Crippen LogP contribution is -2.40. The van der Waals surface area contributed by atoms with E-state index in [1.165, 1.54) is 27.8 Å². The largest absolute Gasteiger partial charge is 0.413 e. The lowest BCUT2D eigenvalue weighted by atomic mass is 9.92. The molecule has 1 nitrogen and oxygen atoms in total. The average Bonchev–Trinajstić information content (AvgIpc) is 2.71. The Morgan fingerprint density at radius 1 is 0.793 bits per heavy atom. The van der Waals surface area contributed by atoms with Gasteiger partial charge in [-0.05, 0) is 52.0 Å². The predicted octanol–water partition coefficient (Wildman–Crippen LogP) is 7.80. The van der Waals surface area contributed by atoms with Gasteiger partial charge in [-0.15, -0.1) is 0 Å². The molecule has 2 heteroatoms. The molecule has 0 fully saturated rings. The van der Waals surface area contributed by atoms with E-state index in [9.17, 15) is 0 Å². The fourth-order valence-corrected chi connectivity index (χ4v) is 3.98. The van der Waals surface area contributed by atoms with Crippen LogP contribution < -0.4 is 0 Å². The average molecular weight is 401 g/mol. The van der Waals surface area contributed by atoms with Crippen LogP contribution in [-0.2, 0) is 11.0 Å². The van der Waals surface area contributed by atoms with Gasteiger partial charge >= 0.3 is 0 Å². The summed E-state index contributed by atoms with van der Waals surface area (Å²) in [5.41, 5.74) is 6.12. The fraction of sp³-hybridized carbons (Fsp3) is 0.259. The molecule has 0 amide bonds. The Balaban J connectivity index is 2.03. The van der Waals surface area contributed by atoms with E-state index in [-0.39, 0.29) is 5.04 Å². The summed E-state index contributed by atoms with van der Waals surface area (Å²) in [6.45, 7) is 12.1. The van der Waals surface area contributed by atoms with Crippen molar-refractivity contribution < 1.29 is 4.43 Å². The zero-order valence-electron chi connectivity index (χ0n) is 18.3. The van der Waals surface area contributed by atoms with Gasteiger partial charge in [-0.25, -0.2) is 0 Å². The molecule has 0 aliphatic carbocycles. The molecule has 0 radical (unpaired) electrons. The van der Waals surface area contributed by atoms with E-state index >= 15 is 0 Å². The first-order valence-electron chi connectivity index (χ1n) is 10.3. The van der Waals surface area contributed by atoms with Crippen molar-refractivity contribution in [1.29, 1.82) is 0 Å². The maximum Gasteiger partial charge on any atom is 0.192 e. The van der Waals surface area contributed by atoms with Crippen molar-refractivity contribution in [2.75, 3.05) is 0 Å². The molecular formula is C27H32OSi. The topological polar surface area (TPSA) is 9.23 Å². The molecule has 3 aromatic carbocycles. The molecule has 0 spiro atoms. The quantitative estimate of drug-likeness (QED) is 0.303. The third-order valence-electron chi connectivity index (χ3n) is 5.90. The van der Waals surface area contributed by atoms with E-state index in [1.807, 2.05) is 0 Å². The summed E-state index contributed by atoms with van der Waals surface area (Å²) >= 11 is 0. The molecule has 0 atom stereocenters. The monoisotopic (exact) mass is 400 g/mol. The van der Waals surface area contributed by atoms with Gasteiger partial charge in [-0.1, -0.05) is 106 Å². The zero-order chi connectivity index (χ0) is 20.9. The summed E-state index contributed by atoms with van der Waals surface area (Å²) in [6.07, 6.45) is 2.28. The summed E-state index contributed by atoms with van der Waals surface area (Å²) in [6, 6.07) is 29.8. The van der Waals surface area contributed by atoms with E-state index in [2.05, 4.69) is 125 Å². The highest BCUT2D eigenvalue weighted by atomic mass is 28.4. The lowest BCUT2D eigenvalue weighted by molar-refractivity contribution is 0.276. The van der Waals surface area contributed by atoms with Crippen LogP contribution in [0.2, 0.25) is 18.1 Å². The fourth-order valence-electron chi connectivity index (χ4n) is 3.03. The molecule has 29 heavy (non-hydrogen) atoms. The van der Waals surface area contributed by atoms with Crippen LogP contribution in [0.5, 0.6) is 0 Å². The molecule has 150 valence electrons. The smallest absolute Gasteiger partial charge is 0.192 e. The minimum absolute atomic E-state index is 0.198. The van der Waals surface area contributed by atoms with Gasteiger partial charge in [0.05, 0.1) is 6.61 Å². The Kier molecular flexibility index (Phi) is 6.56. The second-order valence-corrected chi connectivity index (χ2v) is 13.9. The van der Waals surface area contributed by atoms with E-state index in [4.69, 9.17) is 4.43 Å². The molecule has 0 bridgehead atoms. The number of rotatable bonds is 6. The molecule has 0 heterocycles. The van der Waals surface area contributed by atoms with Crippen LogP contribution in [0.25, 0.3) is 11.6 Å². The highest BCUT2D eigenvalue weighted by molar-refractivity contribution is 6.74. The molecular weight excluding hydrogens is 368 g/mol. The van der Waals surface area contributed by atoms with Crippen LogP contribution in [0.4, 0.5) is 0 Å². The van der Waals surface area contributed by atoms with Gasteiger partial charge in [0.15, 0.2) is 8.32 Å². The first-order chi connectivity index (χ1) is 13.8. The van der Waals surface area contributed by atoms with Crippen molar-refractivity contribution >= 4 is 20.0 Å². The first kappa shape index (κ1) is 21.3. The van der Waals surface area contributed by atoms with Gasteiger partial charge < -0.3 is 4.43 Å². The third kappa shape index (κ3) is 5.34. The van der Waals surface area contributed by atoms with Gasteiger partial charge in [-0.3, -0.25) is 0 Å². The van der Waals surface area contributed by atoms with Crippen molar-refractivity contribution in [2.24, 2.45) is 0 Å². The second kappa shape index (κ2) is 8.94. The lowest BCUT2D eigenvalue weighted by Gasteiger charge is -2.36. The Morgan fingerprint density at radius 2 is 1.34 bits per heavy atom. The van der Waals surface area contributed by atoms with E-state index in [1.54, 1.807) is 0 Å². The number of hydrogen-bond donors (Lipinski definition) is 0. The molecule has 0 aliphatic rings. The number of benzene rings is 3. The van der Waals surface area contributed by atoms with Crippen molar-refractivity contribution in [3.8, 4) is 0 Å². The summed E-state index contributed by atoms with van der Waals surface area (Å²) in [4.78, 5) is 0. The third-order valence-corrected chi connectivity index (χ3v) is 10.4. The SMILES string of the molecule is CC(C)(C)[Si](C)(C)OCc1ccccc1/C(=C\c1ccccc1)c1ccccc1. The molecule has 0 aliphatic heterocycles. The van der Waals surface area contributed by atoms with E-state index in [0.717, 1.165) is 0 Å². The summed E-state index contributed by atoms with van der Waals surface area (Å²) in [5.74, 6) is 0. The van der Waals surface area contributed by atoms with Crippen LogP contribution in [0.3, 0.4) is 0 Å². The van der Waals surface area contributed by atoms with Crippen LogP contribution in [0.15, 0.2) is 84.9 Å². The Labute approximate surface area is 177 Å². The molecule has 0 N–H and O–H groups in total. The van der Waals surface area contributed by atoms with Gasteiger partial charge in [-0.2, -0.15) is 0 Å². The summed E-state index contributed by atoms with van der Waals surface area (Å²) < 4.78 is 6.57. The van der Waals surface area contributed by atoms with Crippen LogP contribution in [-0.4, -0.2) is 8.32 Å². The molecule has 0 saturated carbocycles. The first-order valence-corrected chi connectivity index (χ1v) is 13.2. The molecule has 0 unspecified atom stereocenters. The van der Waals surface area contributed by atoms with Crippen LogP contribution in [0, 0.1) is 0 Å². The second-order valence-electron chi connectivity index (χ2n) is 9.04. The standard InChI is InChI=1S/C27H32OSi/c1-27(2,3)29(4,5)28-21-24-18-12-13-19-25(24)26(23-16-10-7-11-17-23)20-22-14-8-6-9-15-22/h6-20H,21H2,1-5H3/b26-20-. The zero-order valence-corrected chi connectivity index (χ0v) is 19.3. The normalized spacial score (nSPS) is 12.8. The van der Waals surface area contributed by atoms with Gasteiger partial charge in [0.25, 0.3) is 0 Å². The van der Waals surface area contributed by atoms with Crippen molar-refractivity contribution in [1.82, 2.24) is 0 Å². The minimum atomic E-state index is -1.82. The Bertz CT molecular complexity index is 951. The van der Waals surface area contributed by atoms with Crippen LogP contribution in [0.1, 0.15) is 43.0 Å². The molecule has 3 rings (SSSR count). The number of hydrogen-bond acceptors (Lipinski definition) is 1. The Hall–Kier alpha value is -2.42. The maximum absolute atomic E-state index is 6.57. The summed E-state index contributed by atoms with van der Waals surface area (Å²) in [7, 11) is -1.82. The van der Waals surface area contributed by atoms with Gasteiger partial charge in [0.2, 0.25) is 0 Å². The van der Waals surface area contributed by atoms with Gasteiger partial charge in [0.1, 0.15) is 0 Å². The van der Waals surface area contributed by atoms with Gasteiger partial charge in [0, 0.05) is 0 Å². The predicted molar refractivity (Wildman–Crippen MR) is 128 cm³/mol. The van der Waals surface area contributed by atoms with Crippen LogP contribution >= 0.6 is 0 Å². The summed E-state index contributed by atoms with van der Waals surface area (Å²) in [5, 5.41) is 0.198. The molecule has 0 saturated heterocycles. The van der Waals surface area contributed by atoms with Crippen molar-refractivity contribution in [2.45, 2.75) is 45.5 Å². The molecule has 3 aromatic rings. The highest BCUT2D eigenvalue weighted by Crippen LogP contribution is 2.38. The minimum Gasteiger partial charge on any atom is -0.413 e. The maximum atomic E-state index is 6.57. The van der Waals surface area contributed by atoms with E-state index < -0.39 is 8.32 Å². The molecule has 0 aromatic heterocycles. The Morgan fingerprint density at radius 3 is 1.97 bits per heavy atom.